The van der Waals surface area contributed by atoms with Gasteiger partial charge in [-0.1, -0.05) is 41.0 Å². The van der Waals surface area contributed by atoms with Crippen LogP contribution in [0.5, 0.6) is 0 Å². The number of hydrogen-bond acceptors (Lipinski definition) is 2. The highest BCUT2D eigenvalue weighted by Crippen LogP contribution is 2.28. The van der Waals surface area contributed by atoms with Crippen molar-refractivity contribution in [2.24, 2.45) is 11.3 Å². The topological polar surface area (TPSA) is 21.3 Å². The average Bonchev–Trinajstić information content (AvgIpc) is 2.25. The third kappa shape index (κ3) is 9.61. The molecule has 0 saturated carbocycles. The molecule has 0 aliphatic carbocycles. The molecule has 1 unspecified atom stereocenters. The highest BCUT2D eigenvalue weighted by molar-refractivity contribution is 4.75. The molecule has 2 nitrogen and oxygen atoms in total. The van der Waals surface area contributed by atoms with E-state index in [1.165, 1.54) is 25.7 Å². The lowest BCUT2D eigenvalue weighted by molar-refractivity contribution is 0.0946. The van der Waals surface area contributed by atoms with Gasteiger partial charge in [-0.2, -0.15) is 0 Å². The van der Waals surface area contributed by atoms with E-state index in [4.69, 9.17) is 4.74 Å². The molecule has 17 heavy (non-hydrogen) atoms. The molecule has 0 radical (unpaired) electrons. The zero-order chi connectivity index (χ0) is 13.1. The standard InChI is InChI=1S/C15H33NO/c1-6-8-11-17-12-9-14(15(3,4)5)13-16-10-7-2/h14,16H,6-13H2,1-5H3. The molecular formula is C15H33NO. The van der Waals surface area contributed by atoms with E-state index in [-0.39, 0.29) is 0 Å². The molecule has 0 rings (SSSR count). The van der Waals surface area contributed by atoms with Crippen LogP contribution in [0.25, 0.3) is 0 Å². The largest absolute Gasteiger partial charge is 0.381 e. The van der Waals surface area contributed by atoms with E-state index in [0.717, 1.165) is 26.3 Å². The lowest BCUT2D eigenvalue weighted by Crippen LogP contribution is -2.33. The van der Waals surface area contributed by atoms with Crippen molar-refractivity contribution in [3.8, 4) is 0 Å². The molecule has 0 aromatic rings. The van der Waals surface area contributed by atoms with Crippen LogP contribution in [0.2, 0.25) is 0 Å². The van der Waals surface area contributed by atoms with Gasteiger partial charge >= 0.3 is 0 Å². The second-order valence-corrected chi connectivity index (χ2v) is 6.02. The summed E-state index contributed by atoms with van der Waals surface area (Å²) in [5.41, 5.74) is 0.370. The number of ether oxygens (including phenoxy) is 1. The summed E-state index contributed by atoms with van der Waals surface area (Å²) >= 11 is 0. The summed E-state index contributed by atoms with van der Waals surface area (Å²) in [5.74, 6) is 0.704. The lowest BCUT2D eigenvalue weighted by Gasteiger charge is -2.31. The highest BCUT2D eigenvalue weighted by atomic mass is 16.5. The molecule has 0 spiro atoms. The van der Waals surface area contributed by atoms with E-state index in [1.54, 1.807) is 0 Å². The van der Waals surface area contributed by atoms with Gasteiger partial charge in [-0.25, -0.2) is 0 Å². The Hall–Kier alpha value is -0.0800. The predicted molar refractivity (Wildman–Crippen MR) is 76.4 cm³/mol. The first-order chi connectivity index (χ1) is 8.02. The molecule has 2 heteroatoms. The van der Waals surface area contributed by atoms with Crippen LogP contribution in [0.3, 0.4) is 0 Å². The SMILES string of the molecule is CCCCOCCC(CNCCC)C(C)(C)C. The second kappa shape index (κ2) is 9.90. The third-order valence-corrected chi connectivity index (χ3v) is 3.30. The molecule has 0 aromatic carbocycles. The van der Waals surface area contributed by atoms with Gasteiger partial charge in [0, 0.05) is 13.2 Å². The number of nitrogens with one attached hydrogen (secondary N) is 1. The quantitative estimate of drug-likeness (QED) is 0.588. The van der Waals surface area contributed by atoms with Gasteiger partial charge in [0.2, 0.25) is 0 Å². The first-order valence-corrected chi connectivity index (χ1v) is 7.30. The normalized spacial score (nSPS) is 13.9. The second-order valence-electron chi connectivity index (χ2n) is 6.02. The zero-order valence-corrected chi connectivity index (χ0v) is 12.6. The van der Waals surface area contributed by atoms with Gasteiger partial charge in [0.05, 0.1) is 0 Å². The first kappa shape index (κ1) is 16.9. The predicted octanol–water partition coefficient (Wildman–Crippen LogP) is 3.86. The molecule has 0 aliphatic heterocycles. The third-order valence-electron chi connectivity index (χ3n) is 3.30. The first-order valence-electron chi connectivity index (χ1n) is 7.30. The molecule has 0 aromatic heterocycles. The molecule has 0 saturated heterocycles. The van der Waals surface area contributed by atoms with E-state index in [2.05, 4.69) is 39.9 Å². The van der Waals surface area contributed by atoms with E-state index < -0.39 is 0 Å². The van der Waals surface area contributed by atoms with Gasteiger partial charge < -0.3 is 10.1 Å². The van der Waals surface area contributed by atoms with Crippen LogP contribution in [0.1, 0.15) is 60.3 Å². The van der Waals surface area contributed by atoms with Crippen molar-refractivity contribution in [2.45, 2.75) is 60.3 Å². The summed E-state index contributed by atoms with van der Waals surface area (Å²) in [5, 5.41) is 3.54. The smallest absolute Gasteiger partial charge is 0.0469 e. The van der Waals surface area contributed by atoms with Crippen LogP contribution in [0.15, 0.2) is 0 Å². The van der Waals surface area contributed by atoms with Gasteiger partial charge in [-0.15, -0.1) is 0 Å². The van der Waals surface area contributed by atoms with Crippen molar-refractivity contribution in [1.29, 1.82) is 0 Å². The summed E-state index contributed by atoms with van der Waals surface area (Å²) in [7, 11) is 0. The minimum absolute atomic E-state index is 0.370. The maximum absolute atomic E-state index is 5.68. The van der Waals surface area contributed by atoms with E-state index in [1.807, 2.05) is 0 Å². The molecule has 0 fully saturated rings. The Labute approximate surface area is 109 Å². The molecular weight excluding hydrogens is 210 g/mol. The summed E-state index contributed by atoms with van der Waals surface area (Å²) in [4.78, 5) is 0. The molecule has 104 valence electrons. The van der Waals surface area contributed by atoms with Crippen LogP contribution in [0.4, 0.5) is 0 Å². The van der Waals surface area contributed by atoms with Gasteiger partial charge in [-0.05, 0) is 43.7 Å². The van der Waals surface area contributed by atoms with Crippen LogP contribution in [-0.2, 0) is 4.74 Å². The Morgan fingerprint density at radius 2 is 1.76 bits per heavy atom. The molecule has 1 atom stereocenters. The minimum atomic E-state index is 0.370. The summed E-state index contributed by atoms with van der Waals surface area (Å²) < 4.78 is 5.68. The fraction of sp³-hybridized carbons (Fsp3) is 1.00. The number of rotatable bonds is 10. The Balaban J connectivity index is 3.78. The van der Waals surface area contributed by atoms with Crippen molar-refractivity contribution in [3.05, 3.63) is 0 Å². The molecule has 0 bridgehead atoms. The average molecular weight is 243 g/mol. The van der Waals surface area contributed by atoms with E-state index in [9.17, 15) is 0 Å². The fourth-order valence-corrected chi connectivity index (χ4v) is 1.87. The van der Waals surface area contributed by atoms with Crippen molar-refractivity contribution in [1.82, 2.24) is 5.32 Å². The maximum atomic E-state index is 5.68. The van der Waals surface area contributed by atoms with Crippen LogP contribution in [-0.4, -0.2) is 26.3 Å². The Morgan fingerprint density at radius 1 is 1.06 bits per heavy atom. The highest BCUT2D eigenvalue weighted by Gasteiger charge is 2.23. The van der Waals surface area contributed by atoms with Crippen LogP contribution >= 0.6 is 0 Å². The Kier molecular flexibility index (Phi) is 9.85. The molecule has 1 N–H and O–H groups in total. The number of unbranched alkanes of at least 4 members (excludes halogenated alkanes) is 1. The van der Waals surface area contributed by atoms with Gasteiger partial charge in [-0.3, -0.25) is 0 Å². The van der Waals surface area contributed by atoms with Crippen molar-refractivity contribution >= 4 is 0 Å². The molecule has 0 aliphatic rings. The monoisotopic (exact) mass is 243 g/mol. The number of hydrogen-bond donors (Lipinski definition) is 1. The summed E-state index contributed by atoms with van der Waals surface area (Å²) in [6.45, 7) is 15.5. The van der Waals surface area contributed by atoms with Gasteiger partial charge in [0.15, 0.2) is 0 Å². The lowest BCUT2D eigenvalue weighted by atomic mass is 9.79. The summed E-state index contributed by atoms with van der Waals surface area (Å²) in [6, 6.07) is 0. The summed E-state index contributed by atoms with van der Waals surface area (Å²) in [6.07, 6.45) is 4.79. The maximum Gasteiger partial charge on any atom is 0.0469 e. The minimum Gasteiger partial charge on any atom is -0.381 e. The van der Waals surface area contributed by atoms with Gasteiger partial charge in [0.1, 0.15) is 0 Å². The van der Waals surface area contributed by atoms with Crippen molar-refractivity contribution in [3.63, 3.8) is 0 Å². The Bertz CT molecular complexity index is 163. The van der Waals surface area contributed by atoms with E-state index in [0.29, 0.717) is 11.3 Å². The van der Waals surface area contributed by atoms with Crippen LogP contribution in [0, 0.1) is 11.3 Å². The molecule has 0 heterocycles. The van der Waals surface area contributed by atoms with Crippen molar-refractivity contribution < 1.29 is 4.74 Å². The van der Waals surface area contributed by atoms with Gasteiger partial charge in [0.25, 0.3) is 0 Å². The van der Waals surface area contributed by atoms with E-state index >= 15 is 0 Å². The Morgan fingerprint density at radius 3 is 2.29 bits per heavy atom. The molecule has 0 amide bonds. The zero-order valence-electron chi connectivity index (χ0n) is 12.6. The van der Waals surface area contributed by atoms with Crippen LogP contribution < -0.4 is 5.32 Å². The van der Waals surface area contributed by atoms with Crippen molar-refractivity contribution in [2.75, 3.05) is 26.3 Å². The fourth-order valence-electron chi connectivity index (χ4n) is 1.87.